The topological polar surface area (TPSA) is 73.7 Å². The van der Waals surface area contributed by atoms with E-state index in [1.165, 1.54) is 45.5 Å². The van der Waals surface area contributed by atoms with Gasteiger partial charge >= 0.3 is 0 Å². The quantitative estimate of drug-likeness (QED) is 0.243. The van der Waals surface area contributed by atoms with E-state index in [2.05, 4.69) is 33.9 Å². The van der Waals surface area contributed by atoms with Crippen LogP contribution in [0.2, 0.25) is 0 Å². The first-order valence-electron chi connectivity index (χ1n) is 16.9. The normalized spacial score (nSPS) is 16.9. The van der Waals surface area contributed by atoms with E-state index >= 15 is 4.39 Å². The number of pyridine rings is 2. The lowest BCUT2D eigenvalue weighted by Gasteiger charge is -2.38. The molecule has 5 heterocycles. The van der Waals surface area contributed by atoms with Crippen molar-refractivity contribution in [3.05, 3.63) is 85.3 Å². The first-order valence-corrected chi connectivity index (χ1v) is 17.7. The van der Waals surface area contributed by atoms with Gasteiger partial charge in [-0.05, 0) is 105 Å². The number of thiophene rings is 1. The van der Waals surface area contributed by atoms with Crippen LogP contribution in [0.25, 0.3) is 11.1 Å². The molecule has 1 saturated heterocycles. The van der Waals surface area contributed by atoms with Crippen molar-refractivity contribution < 1.29 is 9.18 Å². The van der Waals surface area contributed by atoms with Gasteiger partial charge in [-0.1, -0.05) is 6.92 Å². The summed E-state index contributed by atoms with van der Waals surface area (Å²) in [7, 11) is 1.70. The van der Waals surface area contributed by atoms with Gasteiger partial charge in [0.15, 0.2) is 0 Å². The van der Waals surface area contributed by atoms with Crippen LogP contribution in [0.5, 0.6) is 0 Å². The number of aryl methyl sites for hydroxylation is 2. The Kier molecular flexibility index (Phi) is 8.65. The van der Waals surface area contributed by atoms with E-state index in [1.807, 2.05) is 25.3 Å². The average Bonchev–Trinajstić information content (AvgIpc) is 3.46. The Morgan fingerprint density at radius 2 is 1.77 bits per heavy atom. The molecule has 2 aliphatic heterocycles. The van der Waals surface area contributed by atoms with Crippen LogP contribution in [-0.2, 0) is 32.7 Å². The van der Waals surface area contributed by atoms with Crippen LogP contribution < -0.4 is 20.7 Å². The van der Waals surface area contributed by atoms with E-state index in [1.54, 1.807) is 35.5 Å². The molecule has 1 N–H and O–H groups in total. The van der Waals surface area contributed by atoms with E-state index in [4.69, 9.17) is 0 Å². The van der Waals surface area contributed by atoms with Crippen molar-refractivity contribution >= 4 is 40.1 Å². The molecular weight excluding hydrogens is 612 g/mol. The zero-order valence-electron chi connectivity index (χ0n) is 27.7. The number of halogens is 1. The third-order valence-electron chi connectivity index (χ3n) is 10.1. The molecule has 1 aromatic carbocycles. The second-order valence-corrected chi connectivity index (χ2v) is 14.3. The molecule has 10 heteroatoms. The van der Waals surface area contributed by atoms with Gasteiger partial charge in [0.05, 0.1) is 22.4 Å². The molecule has 3 aromatic heterocycles. The van der Waals surface area contributed by atoms with Gasteiger partial charge in [0, 0.05) is 62.5 Å². The lowest BCUT2D eigenvalue weighted by atomic mass is 9.91. The summed E-state index contributed by atoms with van der Waals surface area (Å²) < 4.78 is 16.9. The highest BCUT2D eigenvalue weighted by atomic mass is 32.1. The summed E-state index contributed by atoms with van der Waals surface area (Å²) in [6, 6.07) is 9.25. The smallest absolute Gasteiger partial charge is 0.274 e. The molecule has 3 aliphatic rings. The van der Waals surface area contributed by atoms with Crippen LogP contribution in [0.4, 0.5) is 27.3 Å². The molecule has 1 fully saturated rings. The van der Waals surface area contributed by atoms with Crippen molar-refractivity contribution in [3.8, 4) is 11.1 Å². The monoisotopic (exact) mass is 654 g/mol. The number of aromatic nitrogens is 2. The SMILES string of the molecule is CCc1c(-c2cc(Nc3ccc(N4CCN(C(C)C)CC4)cn3)c(=O)n(C)c2)cc(F)cc1N1CCc2c(sc3c2CCCC3)C1=O. The predicted octanol–water partition coefficient (Wildman–Crippen LogP) is 6.57. The first kappa shape index (κ1) is 31.6. The standard InChI is InChI=1S/C37H43FN6O2S/c1-5-27-30(19-25(38)20-32(27)44-13-12-29-28-8-6-7-9-33(28)47-35(29)37(44)46)24-18-31(36(45)41(4)22-24)40-34-11-10-26(21-39-34)43-16-14-42(15-17-43)23(2)3/h10-11,18-23H,5-9,12-17H2,1-4H3,(H,39,40). The molecule has 1 aliphatic carbocycles. The van der Waals surface area contributed by atoms with Crippen molar-refractivity contribution in [2.45, 2.75) is 65.3 Å². The summed E-state index contributed by atoms with van der Waals surface area (Å²) in [5.74, 6) is 0.120. The summed E-state index contributed by atoms with van der Waals surface area (Å²) in [5, 5.41) is 3.22. The Bertz CT molecular complexity index is 1870. The molecule has 0 unspecified atom stereocenters. The van der Waals surface area contributed by atoms with Gasteiger partial charge < -0.3 is 19.7 Å². The molecule has 0 spiro atoms. The Morgan fingerprint density at radius 3 is 2.49 bits per heavy atom. The minimum Gasteiger partial charge on any atom is -0.368 e. The maximum Gasteiger partial charge on any atom is 0.274 e. The lowest BCUT2D eigenvalue weighted by molar-refractivity contribution is 0.0984. The van der Waals surface area contributed by atoms with E-state index in [-0.39, 0.29) is 11.5 Å². The fourth-order valence-corrected chi connectivity index (χ4v) is 8.86. The van der Waals surface area contributed by atoms with E-state index < -0.39 is 5.82 Å². The molecule has 246 valence electrons. The maximum atomic E-state index is 15.4. The molecule has 8 nitrogen and oxygen atoms in total. The second kappa shape index (κ2) is 12.9. The van der Waals surface area contributed by atoms with Crippen molar-refractivity contribution in [1.29, 1.82) is 0 Å². The average molecular weight is 655 g/mol. The van der Waals surface area contributed by atoms with Crippen molar-refractivity contribution in [3.63, 3.8) is 0 Å². The molecule has 0 saturated carbocycles. The highest BCUT2D eigenvalue weighted by molar-refractivity contribution is 7.14. The summed E-state index contributed by atoms with van der Waals surface area (Å²) in [5.41, 5.74) is 6.67. The minimum atomic E-state index is -0.411. The fraction of sp³-hybridized carbons (Fsp3) is 0.432. The summed E-state index contributed by atoms with van der Waals surface area (Å²) >= 11 is 1.64. The van der Waals surface area contributed by atoms with Crippen molar-refractivity contribution in [2.24, 2.45) is 7.05 Å². The Labute approximate surface area is 279 Å². The van der Waals surface area contributed by atoms with Gasteiger partial charge in [0.2, 0.25) is 0 Å². The number of anilines is 4. The number of nitrogens with one attached hydrogen (secondary N) is 1. The maximum absolute atomic E-state index is 15.4. The molecule has 4 aromatic rings. The zero-order chi connectivity index (χ0) is 32.8. The number of fused-ring (bicyclic) bond motifs is 3. The third kappa shape index (κ3) is 5.97. The van der Waals surface area contributed by atoms with Crippen molar-refractivity contribution in [2.75, 3.05) is 47.8 Å². The highest BCUT2D eigenvalue weighted by Gasteiger charge is 2.33. The number of benzene rings is 1. The number of carbonyl (C=O) groups is 1. The molecule has 47 heavy (non-hydrogen) atoms. The molecule has 0 radical (unpaired) electrons. The van der Waals surface area contributed by atoms with Gasteiger partial charge in [0.25, 0.3) is 11.5 Å². The van der Waals surface area contributed by atoms with E-state index in [0.29, 0.717) is 47.3 Å². The number of hydrogen-bond donors (Lipinski definition) is 1. The van der Waals surface area contributed by atoms with Gasteiger partial charge in [-0.2, -0.15) is 0 Å². The Hall–Kier alpha value is -4.02. The number of carbonyl (C=O) groups excluding carboxylic acids is 1. The molecule has 1 amide bonds. The number of piperazine rings is 1. The Morgan fingerprint density at radius 1 is 0.979 bits per heavy atom. The second-order valence-electron chi connectivity index (χ2n) is 13.2. The van der Waals surface area contributed by atoms with Gasteiger partial charge in [0.1, 0.15) is 17.3 Å². The lowest BCUT2D eigenvalue weighted by Crippen LogP contribution is -2.48. The summed E-state index contributed by atoms with van der Waals surface area (Å²) in [4.78, 5) is 40.6. The largest absolute Gasteiger partial charge is 0.368 e. The van der Waals surface area contributed by atoms with Gasteiger partial charge in [-0.3, -0.25) is 14.5 Å². The van der Waals surface area contributed by atoms with E-state index in [9.17, 15) is 9.59 Å². The number of rotatable bonds is 7. The molecule has 0 atom stereocenters. The van der Waals surface area contributed by atoms with Crippen LogP contribution in [0, 0.1) is 5.82 Å². The number of hydrogen-bond acceptors (Lipinski definition) is 7. The molecule has 7 rings (SSSR count). The zero-order valence-corrected chi connectivity index (χ0v) is 28.6. The predicted molar refractivity (Wildman–Crippen MR) is 189 cm³/mol. The van der Waals surface area contributed by atoms with Crippen LogP contribution in [-0.4, -0.2) is 59.1 Å². The minimum absolute atomic E-state index is 0.0314. The van der Waals surface area contributed by atoms with E-state index in [0.717, 1.165) is 61.6 Å². The fourth-order valence-electron chi connectivity index (χ4n) is 7.47. The highest BCUT2D eigenvalue weighted by Crippen LogP contribution is 2.41. The number of amides is 1. The van der Waals surface area contributed by atoms with Crippen molar-refractivity contribution in [1.82, 2.24) is 14.5 Å². The van der Waals surface area contributed by atoms with Crippen LogP contribution in [0.3, 0.4) is 0 Å². The van der Waals surface area contributed by atoms with Gasteiger partial charge in [-0.25, -0.2) is 9.37 Å². The Balaban J connectivity index is 1.17. The summed E-state index contributed by atoms with van der Waals surface area (Å²) in [6.45, 7) is 10.9. The molecule has 0 bridgehead atoms. The van der Waals surface area contributed by atoms with Gasteiger partial charge in [-0.15, -0.1) is 11.3 Å². The number of nitrogens with zero attached hydrogens (tertiary/aromatic N) is 5. The van der Waals surface area contributed by atoms with Crippen LogP contribution in [0.15, 0.2) is 47.5 Å². The van der Waals surface area contributed by atoms with Crippen LogP contribution in [0.1, 0.15) is 64.9 Å². The first-order chi connectivity index (χ1) is 22.7. The third-order valence-corrected chi connectivity index (χ3v) is 11.4. The summed E-state index contributed by atoms with van der Waals surface area (Å²) in [6.07, 6.45) is 9.42. The van der Waals surface area contributed by atoms with Crippen LogP contribution >= 0.6 is 11.3 Å². The molecular formula is C37H43FN6O2S.